The molecule has 2 aliphatic rings. The minimum absolute atomic E-state index is 0.0452. The zero-order chi connectivity index (χ0) is 21.7. The normalized spacial score (nSPS) is 22.5. The monoisotopic (exact) mass is 425 g/mol. The minimum Gasteiger partial charge on any atom is -0.353 e. The number of aryl methyl sites for hydroxylation is 1. The van der Waals surface area contributed by atoms with E-state index in [9.17, 15) is 10.1 Å². The molecule has 0 aliphatic carbocycles. The molecule has 0 unspecified atom stereocenters. The summed E-state index contributed by atoms with van der Waals surface area (Å²) in [6, 6.07) is 6.83. The first-order chi connectivity index (χ1) is 14.1. The summed E-state index contributed by atoms with van der Waals surface area (Å²) in [6.45, 7) is 9.87. The van der Waals surface area contributed by atoms with Crippen LogP contribution in [0.2, 0.25) is 0 Å². The molecule has 4 rings (SSSR count). The third-order valence-electron chi connectivity index (χ3n) is 6.24. The van der Waals surface area contributed by atoms with Gasteiger partial charge in [-0.2, -0.15) is 5.26 Å². The maximum Gasteiger partial charge on any atom is 0.239 e. The molecular formula is C23H31N5OS. The Morgan fingerprint density at radius 3 is 2.83 bits per heavy atom. The molecule has 0 saturated carbocycles. The van der Waals surface area contributed by atoms with Crippen molar-refractivity contribution in [2.75, 3.05) is 18.4 Å². The third kappa shape index (κ3) is 3.80. The van der Waals surface area contributed by atoms with E-state index in [0.29, 0.717) is 17.1 Å². The average Bonchev–Trinajstić information content (AvgIpc) is 3.32. The maximum absolute atomic E-state index is 13.0. The van der Waals surface area contributed by atoms with Gasteiger partial charge in [-0.15, -0.1) is 11.3 Å². The number of rotatable bonds is 4. The van der Waals surface area contributed by atoms with Gasteiger partial charge in [-0.25, -0.2) is 0 Å². The van der Waals surface area contributed by atoms with Gasteiger partial charge in [0.05, 0.1) is 18.2 Å². The summed E-state index contributed by atoms with van der Waals surface area (Å²) in [5, 5.41) is 17.3. The fourth-order valence-electron chi connectivity index (χ4n) is 5.26. The van der Waals surface area contributed by atoms with Gasteiger partial charge in [0.25, 0.3) is 0 Å². The molecule has 30 heavy (non-hydrogen) atoms. The summed E-state index contributed by atoms with van der Waals surface area (Å²) in [7, 11) is 2.05. The topological polar surface area (TPSA) is 73.1 Å². The first-order valence-corrected chi connectivity index (χ1v) is 11.4. The van der Waals surface area contributed by atoms with Crippen LogP contribution >= 0.6 is 11.3 Å². The summed E-state index contributed by atoms with van der Waals surface area (Å²) in [5.74, 6) is -0.0452. The number of hydrogen-bond donors (Lipinski definition) is 2. The van der Waals surface area contributed by atoms with Crippen LogP contribution in [-0.4, -0.2) is 34.0 Å². The highest BCUT2D eigenvalue weighted by atomic mass is 32.1. The highest BCUT2D eigenvalue weighted by Gasteiger charge is 2.40. The molecule has 6 nitrogen and oxygen atoms in total. The molecule has 2 N–H and O–H groups in total. The number of hydrogen-bond acceptors (Lipinski definition) is 5. The summed E-state index contributed by atoms with van der Waals surface area (Å²) in [5.41, 5.74) is 2.63. The molecule has 2 aromatic rings. The second-order valence-corrected chi connectivity index (χ2v) is 10.8. The van der Waals surface area contributed by atoms with E-state index < -0.39 is 0 Å². The van der Waals surface area contributed by atoms with Crippen molar-refractivity contribution in [1.82, 2.24) is 14.8 Å². The standard InChI is InChI=1S/C23H31N5OS/c1-22(2)12-15-16(13-24)21(30-20(15)23(3,4)26-22)25-19(29)14-28-11-7-9-18(28)17-8-6-10-27(17)5/h6,8,10,18,26H,7,9,11-12,14H2,1-5H3,(H,25,29)/t18-/m0/s1. The van der Waals surface area contributed by atoms with E-state index in [-0.39, 0.29) is 23.0 Å². The maximum atomic E-state index is 13.0. The molecule has 0 aromatic carbocycles. The SMILES string of the molecule is Cn1cccc1[C@@H]1CCCN1CC(=O)Nc1sc2c(c1C#N)CC(C)(C)NC2(C)C. The molecular weight excluding hydrogens is 394 g/mol. The molecule has 2 aliphatic heterocycles. The second kappa shape index (κ2) is 7.52. The summed E-state index contributed by atoms with van der Waals surface area (Å²) in [4.78, 5) is 16.4. The van der Waals surface area contributed by atoms with Crippen LogP contribution in [0.3, 0.4) is 0 Å². The van der Waals surface area contributed by atoms with Crippen LogP contribution in [0.1, 0.15) is 68.3 Å². The summed E-state index contributed by atoms with van der Waals surface area (Å²) in [6.07, 6.45) is 4.99. The Morgan fingerprint density at radius 1 is 1.40 bits per heavy atom. The van der Waals surface area contributed by atoms with Crippen LogP contribution in [0.4, 0.5) is 5.00 Å². The van der Waals surface area contributed by atoms with Gasteiger partial charge in [0.1, 0.15) is 11.1 Å². The number of nitrogens with zero attached hydrogens (tertiary/aromatic N) is 3. The molecule has 1 saturated heterocycles. The van der Waals surface area contributed by atoms with E-state index in [1.165, 1.54) is 5.69 Å². The second-order valence-electron chi connectivity index (χ2n) is 9.76. The Bertz CT molecular complexity index is 1010. The van der Waals surface area contributed by atoms with Crippen molar-refractivity contribution < 1.29 is 4.79 Å². The van der Waals surface area contributed by atoms with E-state index >= 15 is 0 Å². The van der Waals surface area contributed by atoms with Gasteiger partial charge in [0.15, 0.2) is 0 Å². The van der Waals surface area contributed by atoms with Crippen LogP contribution in [0.25, 0.3) is 0 Å². The third-order valence-corrected chi connectivity index (χ3v) is 7.72. The molecule has 0 bridgehead atoms. The van der Waals surface area contributed by atoms with Gasteiger partial charge in [-0.1, -0.05) is 0 Å². The smallest absolute Gasteiger partial charge is 0.239 e. The van der Waals surface area contributed by atoms with Crippen LogP contribution in [0.15, 0.2) is 18.3 Å². The number of nitrogens with one attached hydrogen (secondary N) is 2. The van der Waals surface area contributed by atoms with Crippen molar-refractivity contribution >= 4 is 22.2 Å². The van der Waals surface area contributed by atoms with E-state index in [1.54, 1.807) is 11.3 Å². The molecule has 1 fully saturated rings. The fourth-order valence-corrected chi connectivity index (χ4v) is 6.50. The fraction of sp³-hybridized carbons (Fsp3) is 0.565. The Morgan fingerprint density at radius 2 is 2.17 bits per heavy atom. The number of carbonyl (C=O) groups excluding carboxylic acids is 1. The minimum atomic E-state index is -0.233. The predicted molar refractivity (Wildman–Crippen MR) is 121 cm³/mol. The van der Waals surface area contributed by atoms with Crippen LogP contribution in [0.5, 0.6) is 0 Å². The lowest BCUT2D eigenvalue weighted by Crippen LogP contribution is -2.54. The van der Waals surface area contributed by atoms with Gasteiger partial charge in [0.2, 0.25) is 5.91 Å². The zero-order valence-corrected chi connectivity index (χ0v) is 19.3. The first kappa shape index (κ1) is 21.1. The zero-order valence-electron chi connectivity index (χ0n) is 18.5. The number of anilines is 1. The van der Waals surface area contributed by atoms with Gasteiger partial charge >= 0.3 is 0 Å². The van der Waals surface area contributed by atoms with Gasteiger partial charge in [0, 0.05) is 34.9 Å². The highest BCUT2D eigenvalue weighted by Crippen LogP contribution is 2.44. The Labute approximate surface area is 182 Å². The van der Waals surface area contributed by atoms with Crippen LogP contribution in [-0.2, 0) is 23.8 Å². The van der Waals surface area contributed by atoms with Crippen molar-refractivity contribution in [3.8, 4) is 6.07 Å². The van der Waals surface area contributed by atoms with Crippen LogP contribution < -0.4 is 10.6 Å². The van der Waals surface area contributed by atoms with Crippen molar-refractivity contribution in [2.24, 2.45) is 7.05 Å². The molecule has 2 aromatic heterocycles. The molecule has 7 heteroatoms. The average molecular weight is 426 g/mol. The van der Waals surface area contributed by atoms with E-state index in [2.05, 4.69) is 79.2 Å². The molecule has 1 atom stereocenters. The number of carbonyl (C=O) groups is 1. The predicted octanol–water partition coefficient (Wildman–Crippen LogP) is 3.89. The van der Waals surface area contributed by atoms with Crippen molar-refractivity contribution in [3.63, 3.8) is 0 Å². The quantitative estimate of drug-likeness (QED) is 0.779. The first-order valence-electron chi connectivity index (χ1n) is 10.6. The van der Waals surface area contributed by atoms with Crippen molar-refractivity contribution in [1.29, 1.82) is 5.26 Å². The van der Waals surface area contributed by atoms with E-state index in [1.807, 2.05) is 0 Å². The lowest BCUT2D eigenvalue weighted by Gasteiger charge is -2.42. The summed E-state index contributed by atoms with van der Waals surface area (Å²) < 4.78 is 2.14. The number of likely N-dealkylation sites (tertiary alicyclic amines) is 1. The molecule has 0 radical (unpaired) electrons. The number of thiophene rings is 1. The van der Waals surface area contributed by atoms with Crippen LogP contribution in [0, 0.1) is 11.3 Å². The molecule has 1 amide bonds. The van der Waals surface area contributed by atoms with Crippen molar-refractivity contribution in [2.45, 2.75) is 64.1 Å². The number of aromatic nitrogens is 1. The summed E-state index contributed by atoms with van der Waals surface area (Å²) >= 11 is 1.54. The Hall–Kier alpha value is -2.14. The lowest BCUT2D eigenvalue weighted by molar-refractivity contribution is -0.117. The van der Waals surface area contributed by atoms with Gasteiger partial charge in [-0.05, 0) is 71.2 Å². The Balaban J connectivity index is 1.54. The van der Waals surface area contributed by atoms with Gasteiger partial charge < -0.3 is 15.2 Å². The number of nitriles is 1. The lowest BCUT2D eigenvalue weighted by atomic mass is 9.81. The number of amides is 1. The van der Waals surface area contributed by atoms with Crippen molar-refractivity contribution in [3.05, 3.63) is 40.0 Å². The van der Waals surface area contributed by atoms with E-state index in [0.717, 1.165) is 36.2 Å². The number of fused-ring (bicyclic) bond motifs is 1. The highest BCUT2D eigenvalue weighted by molar-refractivity contribution is 7.17. The van der Waals surface area contributed by atoms with E-state index in [4.69, 9.17) is 0 Å². The molecule has 4 heterocycles. The Kier molecular flexibility index (Phi) is 5.29. The largest absolute Gasteiger partial charge is 0.353 e. The molecule has 160 valence electrons. The molecule has 0 spiro atoms. The van der Waals surface area contributed by atoms with Gasteiger partial charge in [-0.3, -0.25) is 9.69 Å².